The first-order valence-electron chi connectivity index (χ1n) is 8.64. The summed E-state index contributed by atoms with van der Waals surface area (Å²) in [7, 11) is 0. The summed E-state index contributed by atoms with van der Waals surface area (Å²) in [6.07, 6.45) is 10.8. The van der Waals surface area contributed by atoms with Crippen LogP contribution in [0.25, 0.3) is 16.7 Å². The zero-order valence-corrected chi connectivity index (χ0v) is 13.8. The molecule has 3 aromatic rings. The summed E-state index contributed by atoms with van der Waals surface area (Å²) < 4.78 is 1.78. The number of aryl methyl sites for hydroxylation is 1. The molecule has 0 atom stereocenters. The second kappa shape index (κ2) is 7.86. The normalized spacial score (nSPS) is 11.2. The molecule has 23 heavy (non-hydrogen) atoms. The van der Waals surface area contributed by atoms with Gasteiger partial charge < -0.3 is 0 Å². The third kappa shape index (κ3) is 4.15. The molecule has 0 amide bonds. The number of rotatable bonds is 8. The van der Waals surface area contributed by atoms with Crippen LogP contribution in [0, 0.1) is 0 Å². The van der Waals surface area contributed by atoms with Crippen molar-refractivity contribution in [2.45, 2.75) is 51.9 Å². The van der Waals surface area contributed by atoms with Crippen molar-refractivity contribution in [2.24, 2.45) is 0 Å². The van der Waals surface area contributed by atoms with Gasteiger partial charge >= 0.3 is 0 Å². The fraction of sp³-hybridized carbons (Fsp3) is 0.421. The molecule has 0 radical (unpaired) electrons. The summed E-state index contributed by atoms with van der Waals surface area (Å²) in [5.41, 5.74) is 2.04. The minimum absolute atomic E-state index is 0.824. The number of para-hydroxylation sites is 1. The highest BCUT2D eigenvalue weighted by molar-refractivity contribution is 5.79. The van der Waals surface area contributed by atoms with Gasteiger partial charge in [0.1, 0.15) is 0 Å². The number of aromatic nitrogens is 4. The molecule has 0 fully saturated rings. The highest BCUT2D eigenvalue weighted by atomic mass is 15.4. The Bertz CT molecular complexity index is 748. The van der Waals surface area contributed by atoms with Crippen LogP contribution in [0.4, 0.5) is 0 Å². The van der Waals surface area contributed by atoms with Crippen molar-refractivity contribution in [1.29, 1.82) is 0 Å². The van der Waals surface area contributed by atoms with E-state index in [-0.39, 0.29) is 0 Å². The standard InChI is InChI=1S/C19H24N4/c1-2-3-4-5-6-7-11-17-15-23(22-21-17)19-14-13-16-10-8-9-12-18(16)20-19/h8-10,12-15H,2-7,11H2,1H3. The summed E-state index contributed by atoms with van der Waals surface area (Å²) in [6.45, 7) is 2.25. The maximum absolute atomic E-state index is 4.65. The van der Waals surface area contributed by atoms with Crippen molar-refractivity contribution in [2.75, 3.05) is 0 Å². The van der Waals surface area contributed by atoms with Gasteiger partial charge in [0.2, 0.25) is 0 Å². The van der Waals surface area contributed by atoms with E-state index in [2.05, 4.69) is 34.4 Å². The number of fused-ring (bicyclic) bond motifs is 1. The molecule has 0 N–H and O–H groups in total. The number of hydrogen-bond donors (Lipinski definition) is 0. The van der Waals surface area contributed by atoms with E-state index in [9.17, 15) is 0 Å². The van der Waals surface area contributed by atoms with Gasteiger partial charge in [-0.3, -0.25) is 0 Å². The van der Waals surface area contributed by atoms with E-state index in [1.807, 2.05) is 30.5 Å². The van der Waals surface area contributed by atoms with E-state index in [0.717, 1.165) is 28.8 Å². The van der Waals surface area contributed by atoms with Crippen molar-refractivity contribution >= 4 is 10.9 Å². The largest absolute Gasteiger partial charge is 0.229 e. The summed E-state index contributed by atoms with van der Waals surface area (Å²) in [4.78, 5) is 4.65. The van der Waals surface area contributed by atoms with Crippen LogP contribution in [-0.4, -0.2) is 20.0 Å². The first kappa shape index (κ1) is 15.7. The Kier molecular flexibility index (Phi) is 5.35. The lowest BCUT2D eigenvalue weighted by atomic mass is 10.1. The molecule has 4 nitrogen and oxygen atoms in total. The summed E-state index contributed by atoms with van der Waals surface area (Å²) in [6, 6.07) is 12.2. The number of pyridine rings is 1. The molecule has 0 saturated carbocycles. The van der Waals surface area contributed by atoms with Crippen LogP contribution in [0.5, 0.6) is 0 Å². The first-order chi connectivity index (χ1) is 11.4. The fourth-order valence-corrected chi connectivity index (χ4v) is 2.79. The molecular formula is C19H24N4. The molecule has 4 heteroatoms. The average Bonchev–Trinajstić information content (AvgIpc) is 3.06. The first-order valence-corrected chi connectivity index (χ1v) is 8.64. The monoisotopic (exact) mass is 308 g/mol. The van der Waals surface area contributed by atoms with Gasteiger partial charge in [-0.1, -0.05) is 62.4 Å². The second-order valence-corrected chi connectivity index (χ2v) is 6.03. The molecule has 0 aliphatic rings. The zero-order chi connectivity index (χ0) is 15.9. The van der Waals surface area contributed by atoms with E-state index in [1.54, 1.807) is 4.68 Å². The number of unbranched alkanes of at least 4 members (excludes halogenated alkanes) is 5. The van der Waals surface area contributed by atoms with Gasteiger partial charge in [-0.05, 0) is 31.0 Å². The summed E-state index contributed by atoms with van der Waals surface area (Å²) in [5.74, 6) is 0.824. The molecule has 2 aromatic heterocycles. The van der Waals surface area contributed by atoms with Crippen LogP contribution in [0.15, 0.2) is 42.6 Å². The fourth-order valence-electron chi connectivity index (χ4n) is 2.79. The Morgan fingerprint density at radius 3 is 2.65 bits per heavy atom. The van der Waals surface area contributed by atoms with E-state index in [4.69, 9.17) is 0 Å². The Labute approximate surface area is 137 Å². The summed E-state index contributed by atoms with van der Waals surface area (Å²) >= 11 is 0. The van der Waals surface area contributed by atoms with Crippen LogP contribution in [0.2, 0.25) is 0 Å². The minimum atomic E-state index is 0.824. The average molecular weight is 308 g/mol. The number of benzene rings is 1. The lowest BCUT2D eigenvalue weighted by Crippen LogP contribution is -1.98. The molecule has 3 rings (SSSR count). The molecule has 0 aliphatic heterocycles. The van der Waals surface area contributed by atoms with Gasteiger partial charge in [0.15, 0.2) is 5.82 Å². The van der Waals surface area contributed by atoms with E-state index >= 15 is 0 Å². The second-order valence-electron chi connectivity index (χ2n) is 6.03. The van der Waals surface area contributed by atoms with Crippen molar-refractivity contribution in [3.8, 4) is 5.82 Å². The lowest BCUT2D eigenvalue weighted by molar-refractivity contribution is 0.604. The SMILES string of the molecule is CCCCCCCCc1cn(-c2ccc3ccccc3n2)nn1. The van der Waals surface area contributed by atoms with Crippen molar-refractivity contribution in [3.05, 3.63) is 48.3 Å². The summed E-state index contributed by atoms with van der Waals surface area (Å²) in [5, 5.41) is 9.65. The molecule has 0 saturated heterocycles. The van der Waals surface area contributed by atoms with Crippen LogP contribution in [-0.2, 0) is 6.42 Å². The molecule has 0 aliphatic carbocycles. The predicted molar refractivity (Wildman–Crippen MR) is 93.7 cm³/mol. The van der Waals surface area contributed by atoms with Gasteiger partial charge in [0, 0.05) is 5.39 Å². The Morgan fingerprint density at radius 1 is 0.913 bits per heavy atom. The van der Waals surface area contributed by atoms with Gasteiger partial charge in [0.05, 0.1) is 17.4 Å². The third-order valence-electron chi connectivity index (χ3n) is 4.15. The van der Waals surface area contributed by atoms with E-state index < -0.39 is 0 Å². The number of nitrogens with zero attached hydrogens (tertiary/aromatic N) is 4. The van der Waals surface area contributed by atoms with E-state index in [0.29, 0.717) is 0 Å². The van der Waals surface area contributed by atoms with Crippen LogP contribution < -0.4 is 0 Å². The Balaban J connectivity index is 1.59. The topological polar surface area (TPSA) is 43.6 Å². The van der Waals surface area contributed by atoms with Gasteiger partial charge in [-0.2, -0.15) is 0 Å². The molecule has 0 unspecified atom stereocenters. The van der Waals surface area contributed by atoms with Crippen molar-refractivity contribution < 1.29 is 0 Å². The van der Waals surface area contributed by atoms with Gasteiger partial charge in [-0.25, -0.2) is 9.67 Å². The smallest absolute Gasteiger partial charge is 0.155 e. The maximum Gasteiger partial charge on any atom is 0.155 e. The molecule has 2 heterocycles. The molecule has 1 aromatic carbocycles. The third-order valence-corrected chi connectivity index (χ3v) is 4.15. The van der Waals surface area contributed by atoms with E-state index in [1.165, 1.54) is 38.5 Å². The van der Waals surface area contributed by atoms with Gasteiger partial charge in [0.25, 0.3) is 0 Å². The maximum atomic E-state index is 4.65. The van der Waals surface area contributed by atoms with Gasteiger partial charge in [-0.15, -0.1) is 5.10 Å². The molecule has 0 spiro atoms. The highest BCUT2D eigenvalue weighted by Gasteiger charge is 2.05. The van der Waals surface area contributed by atoms with Crippen LogP contribution >= 0.6 is 0 Å². The van der Waals surface area contributed by atoms with Crippen molar-refractivity contribution in [3.63, 3.8) is 0 Å². The quantitative estimate of drug-likeness (QED) is 0.566. The van der Waals surface area contributed by atoms with Crippen LogP contribution in [0.3, 0.4) is 0 Å². The molecule has 120 valence electrons. The van der Waals surface area contributed by atoms with Crippen LogP contribution in [0.1, 0.15) is 51.1 Å². The molecular weight excluding hydrogens is 284 g/mol. The zero-order valence-electron chi connectivity index (χ0n) is 13.8. The minimum Gasteiger partial charge on any atom is -0.229 e. The predicted octanol–water partition coefficient (Wildman–Crippen LogP) is 4.72. The lowest BCUT2D eigenvalue weighted by Gasteiger charge is -2.01. The van der Waals surface area contributed by atoms with Crippen molar-refractivity contribution in [1.82, 2.24) is 20.0 Å². The number of hydrogen-bond acceptors (Lipinski definition) is 3. The Morgan fingerprint density at radius 2 is 1.74 bits per heavy atom. The highest BCUT2D eigenvalue weighted by Crippen LogP contribution is 2.14. The molecule has 0 bridgehead atoms. The Hall–Kier alpha value is -2.23.